The normalized spacial score (nSPS) is 10.9. The van der Waals surface area contributed by atoms with Gasteiger partial charge in [0.1, 0.15) is 22.7 Å². The standard InChI is InChI=1S/C16H17N3O2S/c1-19(7-8-20)15-14-13(9-22-16(14)18-10-17-15)11-3-5-12(21-2)6-4-11/h3-6,9-10,20H,7-8H2,1-2H3. The lowest BCUT2D eigenvalue weighted by molar-refractivity contribution is 0.304. The molecule has 3 rings (SSSR count). The number of methoxy groups -OCH3 is 1. The molecule has 0 aliphatic heterocycles. The molecule has 0 atom stereocenters. The molecule has 0 radical (unpaired) electrons. The van der Waals surface area contributed by atoms with Gasteiger partial charge in [0.2, 0.25) is 0 Å². The minimum Gasteiger partial charge on any atom is -0.497 e. The summed E-state index contributed by atoms with van der Waals surface area (Å²) in [5.74, 6) is 1.67. The molecule has 2 heterocycles. The first-order valence-electron chi connectivity index (χ1n) is 6.93. The highest BCUT2D eigenvalue weighted by Gasteiger charge is 2.15. The van der Waals surface area contributed by atoms with Crippen LogP contribution in [0.15, 0.2) is 36.0 Å². The predicted molar refractivity (Wildman–Crippen MR) is 89.8 cm³/mol. The van der Waals surface area contributed by atoms with Gasteiger partial charge in [-0.25, -0.2) is 9.97 Å². The zero-order valence-electron chi connectivity index (χ0n) is 12.5. The fourth-order valence-corrected chi connectivity index (χ4v) is 3.30. The molecule has 6 heteroatoms. The van der Waals surface area contributed by atoms with Gasteiger partial charge in [-0.2, -0.15) is 0 Å². The summed E-state index contributed by atoms with van der Waals surface area (Å²) in [7, 11) is 3.58. The molecular formula is C16H17N3O2S. The van der Waals surface area contributed by atoms with Crippen LogP contribution >= 0.6 is 11.3 Å². The largest absolute Gasteiger partial charge is 0.497 e. The summed E-state index contributed by atoms with van der Waals surface area (Å²) in [6, 6.07) is 7.95. The van der Waals surface area contributed by atoms with E-state index in [0.717, 1.165) is 32.9 Å². The molecule has 0 spiro atoms. The molecule has 114 valence electrons. The third kappa shape index (κ3) is 2.63. The van der Waals surface area contributed by atoms with Crippen molar-refractivity contribution >= 4 is 27.4 Å². The summed E-state index contributed by atoms with van der Waals surface area (Å²) in [6.07, 6.45) is 1.57. The zero-order chi connectivity index (χ0) is 15.5. The Morgan fingerprint density at radius 1 is 1.23 bits per heavy atom. The molecule has 1 aromatic carbocycles. The molecule has 0 fully saturated rings. The number of rotatable bonds is 5. The Hall–Kier alpha value is -2.18. The molecule has 0 saturated heterocycles. The number of hydrogen-bond acceptors (Lipinski definition) is 6. The van der Waals surface area contributed by atoms with Gasteiger partial charge in [0.25, 0.3) is 0 Å². The highest BCUT2D eigenvalue weighted by Crippen LogP contribution is 2.37. The average Bonchev–Trinajstić information content (AvgIpc) is 2.99. The molecule has 5 nitrogen and oxygen atoms in total. The number of anilines is 1. The second-order valence-electron chi connectivity index (χ2n) is 4.90. The summed E-state index contributed by atoms with van der Waals surface area (Å²) in [6.45, 7) is 0.619. The maximum atomic E-state index is 9.17. The lowest BCUT2D eigenvalue weighted by Gasteiger charge is -2.18. The van der Waals surface area contributed by atoms with Crippen LogP contribution in [0.1, 0.15) is 0 Å². The van der Waals surface area contributed by atoms with Crippen molar-refractivity contribution in [3.05, 3.63) is 36.0 Å². The van der Waals surface area contributed by atoms with Gasteiger partial charge >= 0.3 is 0 Å². The Morgan fingerprint density at radius 2 is 2.00 bits per heavy atom. The van der Waals surface area contributed by atoms with Crippen LogP contribution in [0, 0.1) is 0 Å². The molecule has 3 aromatic rings. The van der Waals surface area contributed by atoms with Crippen molar-refractivity contribution in [1.29, 1.82) is 0 Å². The molecule has 0 aliphatic rings. The Balaban J connectivity index is 2.13. The van der Waals surface area contributed by atoms with E-state index < -0.39 is 0 Å². The summed E-state index contributed by atoms with van der Waals surface area (Å²) >= 11 is 1.60. The molecule has 0 aliphatic carbocycles. The van der Waals surface area contributed by atoms with Gasteiger partial charge < -0.3 is 14.7 Å². The van der Waals surface area contributed by atoms with Gasteiger partial charge in [-0.3, -0.25) is 0 Å². The van der Waals surface area contributed by atoms with Gasteiger partial charge in [0.15, 0.2) is 0 Å². The third-order valence-corrected chi connectivity index (χ3v) is 4.43. The number of ether oxygens (including phenoxy) is 1. The minimum atomic E-state index is 0.0873. The lowest BCUT2D eigenvalue weighted by Crippen LogP contribution is -2.22. The van der Waals surface area contributed by atoms with Crippen LogP contribution in [-0.4, -0.2) is 42.4 Å². The summed E-state index contributed by atoms with van der Waals surface area (Å²) in [4.78, 5) is 11.7. The van der Waals surface area contributed by atoms with E-state index in [1.807, 2.05) is 36.2 Å². The summed E-state index contributed by atoms with van der Waals surface area (Å²) in [5.41, 5.74) is 2.20. The topological polar surface area (TPSA) is 58.5 Å². The Labute approximate surface area is 132 Å². The molecule has 22 heavy (non-hydrogen) atoms. The highest BCUT2D eigenvalue weighted by atomic mass is 32.1. The number of hydrogen-bond donors (Lipinski definition) is 1. The van der Waals surface area contributed by atoms with E-state index in [2.05, 4.69) is 15.3 Å². The fraction of sp³-hybridized carbons (Fsp3) is 0.250. The SMILES string of the molecule is COc1ccc(-c2csc3ncnc(N(C)CCO)c23)cc1. The van der Waals surface area contributed by atoms with E-state index in [1.165, 1.54) is 0 Å². The molecule has 0 unspecified atom stereocenters. The molecule has 0 amide bonds. The predicted octanol–water partition coefficient (Wildman–Crippen LogP) is 2.80. The third-order valence-electron chi connectivity index (χ3n) is 3.55. The van der Waals surface area contributed by atoms with Gasteiger partial charge in [-0.15, -0.1) is 11.3 Å². The van der Waals surface area contributed by atoms with E-state index in [-0.39, 0.29) is 6.61 Å². The maximum absolute atomic E-state index is 9.17. The maximum Gasteiger partial charge on any atom is 0.141 e. The van der Waals surface area contributed by atoms with E-state index >= 15 is 0 Å². The van der Waals surface area contributed by atoms with Crippen molar-refractivity contribution in [3.8, 4) is 16.9 Å². The van der Waals surface area contributed by atoms with Gasteiger partial charge in [0, 0.05) is 24.5 Å². The molecule has 0 bridgehead atoms. The van der Waals surface area contributed by atoms with E-state index in [1.54, 1.807) is 24.8 Å². The van der Waals surface area contributed by atoms with E-state index in [0.29, 0.717) is 6.54 Å². The monoisotopic (exact) mass is 315 g/mol. The first kappa shape index (κ1) is 14.7. The fourth-order valence-electron chi connectivity index (χ4n) is 2.39. The Bertz CT molecular complexity index is 771. The molecule has 0 saturated carbocycles. The molecular weight excluding hydrogens is 298 g/mol. The first-order valence-corrected chi connectivity index (χ1v) is 7.81. The van der Waals surface area contributed by atoms with Crippen LogP contribution in [0.4, 0.5) is 5.82 Å². The number of fused-ring (bicyclic) bond motifs is 1. The Morgan fingerprint density at radius 3 is 2.68 bits per heavy atom. The molecule has 2 aromatic heterocycles. The van der Waals surface area contributed by atoms with Crippen LogP contribution in [0.5, 0.6) is 5.75 Å². The number of aliphatic hydroxyl groups is 1. The van der Waals surface area contributed by atoms with Crippen LogP contribution < -0.4 is 9.64 Å². The van der Waals surface area contributed by atoms with Crippen molar-refractivity contribution < 1.29 is 9.84 Å². The van der Waals surface area contributed by atoms with Crippen LogP contribution in [0.2, 0.25) is 0 Å². The Kier molecular flexibility index (Phi) is 4.22. The van der Waals surface area contributed by atoms with Crippen molar-refractivity contribution in [2.45, 2.75) is 0 Å². The minimum absolute atomic E-state index is 0.0873. The number of thiophene rings is 1. The van der Waals surface area contributed by atoms with Crippen molar-refractivity contribution in [2.75, 3.05) is 32.2 Å². The molecule has 1 N–H and O–H groups in total. The smallest absolute Gasteiger partial charge is 0.141 e. The van der Waals surface area contributed by atoms with Crippen LogP contribution in [0.3, 0.4) is 0 Å². The number of aromatic nitrogens is 2. The number of benzene rings is 1. The second-order valence-corrected chi connectivity index (χ2v) is 5.76. The first-order chi connectivity index (χ1) is 10.7. The zero-order valence-corrected chi connectivity index (χ0v) is 13.3. The van der Waals surface area contributed by atoms with Gasteiger partial charge in [-0.1, -0.05) is 12.1 Å². The van der Waals surface area contributed by atoms with Crippen molar-refractivity contribution in [3.63, 3.8) is 0 Å². The van der Waals surface area contributed by atoms with Gasteiger partial charge in [0.05, 0.1) is 19.1 Å². The highest BCUT2D eigenvalue weighted by molar-refractivity contribution is 7.17. The lowest BCUT2D eigenvalue weighted by atomic mass is 10.1. The average molecular weight is 315 g/mol. The number of nitrogens with zero attached hydrogens (tertiary/aromatic N) is 3. The van der Waals surface area contributed by atoms with Gasteiger partial charge in [-0.05, 0) is 17.7 Å². The van der Waals surface area contributed by atoms with E-state index in [9.17, 15) is 0 Å². The second kappa shape index (κ2) is 6.29. The number of aliphatic hydroxyl groups excluding tert-OH is 1. The van der Waals surface area contributed by atoms with Crippen LogP contribution in [0.25, 0.3) is 21.3 Å². The quantitative estimate of drug-likeness (QED) is 0.784. The van der Waals surface area contributed by atoms with Crippen LogP contribution in [-0.2, 0) is 0 Å². The summed E-state index contributed by atoms with van der Waals surface area (Å²) < 4.78 is 5.21. The van der Waals surface area contributed by atoms with E-state index in [4.69, 9.17) is 9.84 Å². The number of likely N-dealkylation sites (N-methyl/N-ethyl adjacent to an activating group) is 1. The van der Waals surface area contributed by atoms with Crippen molar-refractivity contribution in [1.82, 2.24) is 9.97 Å². The summed E-state index contributed by atoms with van der Waals surface area (Å²) in [5, 5.41) is 12.3. The van der Waals surface area contributed by atoms with Crippen molar-refractivity contribution in [2.24, 2.45) is 0 Å².